The molecule has 0 aliphatic carbocycles. The zero-order valence-corrected chi connectivity index (χ0v) is 58.6. The summed E-state index contributed by atoms with van der Waals surface area (Å²) in [6, 6.07) is 45.1. The molecular weight excluding hydrogens is 1420 g/mol. The highest BCUT2D eigenvalue weighted by Crippen LogP contribution is 2.51. The predicted octanol–water partition coefficient (Wildman–Crippen LogP) is 14.9. The topological polar surface area (TPSA) is 315 Å². The van der Waals surface area contributed by atoms with Crippen LogP contribution in [-0.2, 0) is 49.7 Å². The van der Waals surface area contributed by atoms with Crippen molar-refractivity contribution in [3.05, 3.63) is 258 Å². The van der Waals surface area contributed by atoms with Crippen LogP contribution >= 0.6 is 23.2 Å². The van der Waals surface area contributed by atoms with Gasteiger partial charge in [-0.2, -0.15) is 0 Å². The molecule has 0 amide bonds. The van der Waals surface area contributed by atoms with E-state index in [9.17, 15) is 67.6 Å². The van der Waals surface area contributed by atoms with Crippen LogP contribution in [0.25, 0.3) is 0 Å². The Morgan fingerprint density at radius 2 is 0.660 bits per heavy atom. The van der Waals surface area contributed by atoms with Gasteiger partial charge >= 0.3 is 47.8 Å². The summed E-state index contributed by atoms with van der Waals surface area (Å²) in [6.07, 6.45) is -4.64. The fraction of sp³-hybridized carbons (Fsp3) is 0.300. The van der Waals surface area contributed by atoms with Crippen LogP contribution < -0.4 is 29.6 Å². The number of carbonyl (C=O) groups excluding carboxylic acids is 4. The van der Waals surface area contributed by atoms with Crippen LogP contribution in [0, 0.1) is 39.3 Å². The van der Waals surface area contributed by atoms with Crippen molar-refractivity contribution in [1.82, 2.24) is 10.6 Å². The van der Waals surface area contributed by atoms with Crippen molar-refractivity contribution in [3.8, 4) is 23.0 Å². The van der Waals surface area contributed by atoms with E-state index in [1.807, 2.05) is 24.3 Å². The Morgan fingerprint density at radius 1 is 0.406 bits per heavy atom. The molecule has 560 valence electrons. The Kier molecular flexibility index (Phi) is 28.5. The molecule has 22 nitrogen and oxygen atoms in total. The summed E-state index contributed by atoms with van der Waals surface area (Å²) < 4.78 is 72.4. The lowest BCUT2D eigenvalue weighted by molar-refractivity contribution is -0.166. The van der Waals surface area contributed by atoms with E-state index >= 15 is 0 Å². The van der Waals surface area contributed by atoms with Crippen molar-refractivity contribution in [2.24, 2.45) is 0 Å². The van der Waals surface area contributed by atoms with E-state index in [0.29, 0.717) is 44.5 Å². The molecular formula is C80H82Cl2F2N2O20. The largest absolute Gasteiger partial charge is 0.478 e. The number of esters is 4. The number of hydrogen-bond donors (Lipinski definition) is 6. The molecule has 0 spiro atoms. The van der Waals surface area contributed by atoms with Crippen molar-refractivity contribution in [1.29, 1.82) is 0 Å². The molecule has 8 aromatic rings. The Bertz CT molecular complexity index is 4020. The number of fused-ring (bicyclic) bond motifs is 2. The molecule has 0 aromatic heterocycles. The standard InChI is InChI=1S/2C20H18O8.2C19H19ClFNO2.2CH4/c2*1-11-3-7-13(8-4-11)19(25)27-15(17(21)22)16(18(23)24)28-20(26)14-9-5-12(2)6-10-14;2*1-19(15-6-5-13(20)11-16(15)21)23-17-4-2-3-14(18(17)24-19)12-7-9-22-10-8-12;;/h2*3-10,15-16H,1-2H3,(H,21,22)(H,23,24);2*2-6,11-12,22H,7-10H2,1H3;2*1H4/t2*15-,16-;19-;;;/m110.../s1. The first kappa shape index (κ1) is 82.4. The first-order valence-electron chi connectivity index (χ1n) is 32.9. The number of carboxylic acid groups (broad SMARTS) is 4. The Morgan fingerprint density at radius 3 is 0.896 bits per heavy atom. The van der Waals surface area contributed by atoms with Crippen LogP contribution in [0.5, 0.6) is 23.0 Å². The van der Waals surface area contributed by atoms with Crippen molar-refractivity contribution in [3.63, 3.8) is 0 Å². The summed E-state index contributed by atoms with van der Waals surface area (Å²) in [5.41, 5.74) is 6.57. The summed E-state index contributed by atoms with van der Waals surface area (Å²) in [7, 11) is 0. The molecule has 6 N–H and O–H groups in total. The lowest BCUT2D eigenvalue weighted by atomic mass is 9.89. The third-order valence-corrected chi connectivity index (χ3v) is 17.7. The van der Waals surface area contributed by atoms with E-state index in [1.165, 1.54) is 60.7 Å². The second-order valence-electron chi connectivity index (χ2n) is 25.1. The average Bonchev–Trinajstić information content (AvgIpc) is 1.61. The van der Waals surface area contributed by atoms with Gasteiger partial charge in [-0.05, 0) is 188 Å². The number of rotatable bonds is 18. The van der Waals surface area contributed by atoms with Gasteiger partial charge in [-0.1, -0.05) is 133 Å². The van der Waals surface area contributed by atoms with Crippen molar-refractivity contribution in [2.75, 3.05) is 26.2 Å². The summed E-state index contributed by atoms with van der Waals surface area (Å²) in [5.74, 6) is -10.8. The van der Waals surface area contributed by atoms with Gasteiger partial charge in [-0.3, -0.25) is 0 Å². The van der Waals surface area contributed by atoms with E-state index in [0.717, 1.165) is 96.7 Å². The van der Waals surface area contributed by atoms with Crippen molar-refractivity contribution in [2.45, 2.75) is 130 Å². The van der Waals surface area contributed by atoms with Gasteiger partial charge in [-0.25, -0.2) is 47.1 Å². The lowest BCUT2D eigenvalue weighted by Crippen LogP contribution is -2.45. The second-order valence-corrected chi connectivity index (χ2v) is 25.9. The highest BCUT2D eigenvalue weighted by atomic mass is 35.5. The molecule has 4 aliphatic rings. The number of halogens is 4. The van der Waals surface area contributed by atoms with E-state index in [1.54, 1.807) is 114 Å². The molecule has 0 radical (unpaired) electrons. The number of ether oxygens (including phenoxy) is 8. The van der Waals surface area contributed by atoms with Crippen molar-refractivity contribution >= 4 is 71.0 Å². The number of hydrogen-bond acceptors (Lipinski definition) is 18. The number of benzene rings is 8. The summed E-state index contributed by atoms with van der Waals surface area (Å²) in [5, 5.41) is 44.7. The number of aliphatic carboxylic acids is 4. The molecule has 8 aromatic carbocycles. The number of carboxylic acids is 4. The Balaban J connectivity index is 0.000000196. The zero-order chi connectivity index (χ0) is 75.2. The SMILES string of the molecule is C.C.CC1(c2ccc(Cl)cc2F)Oc2cccc(C3CCNCC3)c2O1.C[C@]1(c2ccc(Cl)cc2F)Oc2cccc(C3CCNCC3)c2O1.Cc1ccc(C(=O)O[C@@H](C(=O)O)[C@@H](OC(=O)c2ccc(C)cc2)C(=O)O)cc1.Cc1ccc(C(=O)O[C@@H](C(=O)O)[C@@H](OC(=O)c2ccc(C)cc2)C(=O)O)cc1. The van der Waals surface area contributed by atoms with Gasteiger partial charge in [0, 0.05) is 35.0 Å². The van der Waals surface area contributed by atoms with Gasteiger partial charge < -0.3 is 69.0 Å². The number of carbonyl (C=O) groups is 8. The lowest BCUT2D eigenvalue weighted by Gasteiger charge is -2.26. The monoisotopic (exact) mass is 1500 g/mol. The predicted molar refractivity (Wildman–Crippen MR) is 388 cm³/mol. The highest BCUT2D eigenvalue weighted by Gasteiger charge is 2.46. The van der Waals surface area contributed by atoms with Crippen LogP contribution in [0.2, 0.25) is 10.0 Å². The molecule has 26 heteroatoms. The van der Waals surface area contributed by atoms with E-state index in [-0.39, 0.29) is 37.1 Å². The quantitative estimate of drug-likeness (QED) is 0.0343. The van der Waals surface area contributed by atoms with E-state index in [4.69, 9.17) is 61.1 Å². The third-order valence-electron chi connectivity index (χ3n) is 17.2. The van der Waals surface area contributed by atoms with Gasteiger partial charge in [0.1, 0.15) is 11.6 Å². The summed E-state index contributed by atoms with van der Waals surface area (Å²) in [4.78, 5) is 94.7. The smallest absolute Gasteiger partial charge is 0.349 e. The van der Waals surface area contributed by atoms with E-state index in [2.05, 4.69) is 22.8 Å². The maximum atomic E-state index is 14.4. The number of nitrogens with one attached hydrogen (secondary N) is 2. The minimum atomic E-state index is -2.22. The first-order chi connectivity index (χ1) is 49.5. The van der Waals surface area contributed by atoms with E-state index < -0.39 is 95.4 Å². The van der Waals surface area contributed by atoms with Crippen LogP contribution in [0.4, 0.5) is 8.78 Å². The average molecular weight is 1500 g/mol. The van der Waals surface area contributed by atoms with Gasteiger partial charge in [0.05, 0.1) is 33.4 Å². The van der Waals surface area contributed by atoms with Gasteiger partial charge in [0.2, 0.25) is 24.4 Å². The number of para-hydroxylation sites is 2. The molecule has 106 heavy (non-hydrogen) atoms. The molecule has 4 heterocycles. The third kappa shape index (κ3) is 20.7. The summed E-state index contributed by atoms with van der Waals surface area (Å²) in [6.45, 7) is 14.6. The van der Waals surface area contributed by atoms with Crippen LogP contribution in [0.15, 0.2) is 170 Å². The van der Waals surface area contributed by atoms with Crippen LogP contribution in [0.3, 0.4) is 0 Å². The Labute approximate surface area is 621 Å². The molecule has 0 bridgehead atoms. The molecule has 6 atom stereocenters. The highest BCUT2D eigenvalue weighted by molar-refractivity contribution is 6.30. The molecule has 12 rings (SSSR count). The van der Waals surface area contributed by atoms with Gasteiger partial charge in [0.15, 0.2) is 23.0 Å². The zero-order valence-electron chi connectivity index (χ0n) is 57.1. The number of aryl methyl sites for hydroxylation is 4. The minimum Gasteiger partial charge on any atom is -0.478 e. The molecule has 4 aliphatic heterocycles. The molecule has 2 fully saturated rings. The first-order valence-corrected chi connectivity index (χ1v) is 33.6. The van der Waals surface area contributed by atoms with Crippen molar-refractivity contribution < 1.29 is 105 Å². The second kappa shape index (κ2) is 36.7. The Hall–Kier alpha value is -10.9. The van der Waals surface area contributed by atoms with Crippen LogP contribution in [0.1, 0.15) is 152 Å². The fourth-order valence-corrected chi connectivity index (χ4v) is 11.9. The van der Waals surface area contributed by atoms with Gasteiger partial charge in [0.25, 0.3) is 11.6 Å². The maximum absolute atomic E-state index is 14.4. The van der Waals surface area contributed by atoms with Crippen LogP contribution in [-0.4, -0.2) is 119 Å². The maximum Gasteiger partial charge on any atom is 0.349 e. The molecule has 0 saturated carbocycles. The summed E-state index contributed by atoms with van der Waals surface area (Å²) >= 11 is 11.7. The normalized spacial score (nSPS) is 17.2. The minimum absolute atomic E-state index is 0. The molecule has 1 unspecified atom stereocenters. The number of piperidine rings is 2. The molecule has 2 saturated heterocycles. The fourth-order valence-electron chi connectivity index (χ4n) is 11.6. The van der Waals surface area contributed by atoms with Gasteiger partial charge in [-0.15, -0.1) is 0 Å².